The van der Waals surface area contributed by atoms with Crippen LogP contribution in [0.4, 0.5) is 0 Å². The van der Waals surface area contributed by atoms with Crippen LogP contribution in [0.15, 0.2) is 36.9 Å². The van der Waals surface area contributed by atoms with Gasteiger partial charge in [0.1, 0.15) is 5.75 Å². The number of benzene rings is 2. The summed E-state index contributed by atoms with van der Waals surface area (Å²) in [5, 5.41) is 10.3. The Labute approximate surface area is 130 Å². The van der Waals surface area contributed by atoms with Gasteiger partial charge in [0.2, 0.25) is 0 Å². The van der Waals surface area contributed by atoms with Crippen LogP contribution in [0.3, 0.4) is 0 Å². The Kier molecular flexibility index (Phi) is 3.49. The third-order valence-electron chi connectivity index (χ3n) is 4.41. The largest absolute Gasteiger partial charge is 0.507 e. The van der Waals surface area contributed by atoms with Crippen LogP contribution in [0.25, 0.3) is 6.08 Å². The van der Waals surface area contributed by atoms with Crippen molar-refractivity contribution < 1.29 is 9.90 Å². The number of phenols is 1. The average Bonchev–Trinajstić information content (AvgIpc) is 2.84. The van der Waals surface area contributed by atoms with Crippen LogP contribution in [-0.4, -0.2) is 15.9 Å². The van der Waals surface area contributed by atoms with Gasteiger partial charge in [0.25, 0.3) is 5.91 Å². The van der Waals surface area contributed by atoms with Gasteiger partial charge >= 0.3 is 0 Å². The number of rotatable bonds is 3. The van der Waals surface area contributed by atoms with E-state index in [0.717, 1.165) is 27.8 Å². The number of fused-ring (bicyclic) bond motifs is 1. The van der Waals surface area contributed by atoms with Crippen molar-refractivity contribution in [2.45, 2.75) is 26.9 Å². The van der Waals surface area contributed by atoms with Crippen molar-refractivity contribution in [1.29, 1.82) is 0 Å². The second-order valence-corrected chi connectivity index (χ2v) is 5.72. The van der Waals surface area contributed by atoms with Crippen LogP contribution in [-0.2, 0) is 13.1 Å². The van der Waals surface area contributed by atoms with Crippen molar-refractivity contribution in [2.75, 3.05) is 0 Å². The van der Waals surface area contributed by atoms with Crippen LogP contribution in [0.2, 0.25) is 0 Å². The van der Waals surface area contributed by atoms with Crippen LogP contribution in [0, 0.1) is 13.8 Å². The highest BCUT2D eigenvalue weighted by molar-refractivity contribution is 6.01. The van der Waals surface area contributed by atoms with Gasteiger partial charge in [-0.15, -0.1) is 0 Å². The lowest BCUT2D eigenvalue weighted by molar-refractivity contribution is 0.0766. The van der Waals surface area contributed by atoms with Crippen LogP contribution in [0.1, 0.15) is 38.2 Å². The minimum atomic E-state index is 0.0301. The highest BCUT2D eigenvalue weighted by Crippen LogP contribution is 2.38. The first-order chi connectivity index (χ1) is 10.5. The SMILES string of the molecule is C=Cc1c(C)c2c(c(C)c1O)CN(Cc1ccccc1)C2=O. The minimum absolute atomic E-state index is 0.0301. The van der Waals surface area contributed by atoms with Crippen molar-refractivity contribution in [3.05, 3.63) is 70.3 Å². The fraction of sp³-hybridized carbons (Fsp3) is 0.211. The van der Waals surface area contributed by atoms with Gasteiger partial charge in [-0.25, -0.2) is 0 Å². The van der Waals surface area contributed by atoms with Crippen molar-refractivity contribution in [3.8, 4) is 5.75 Å². The molecule has 2 aromatic carbocycles. The third kappa shape index (κ3) is 2.10. The molecular weight excluding hydrogens is 274 g/mol. The topological polar surface area (TPSA) is 40.5 Å². The molecule has 0 fully saturated rings. The molecule has 1 amide bonds. The third-order valence-corrected chi connectivity index (χ3v) is 4.41. The van der Waals surface area contributed by atoms with E-state index in [1.54, 1.807) is 6.08 Å². The predicted molar refractivity (Wildman–Crippen MR) is 87.7 cm³/mol. The molecule has 0 spiro atoms. The molecule has 0 bridgehead atoms. The Morgan fingerprint density at radius 3 is 2.55 bits per heavy atom. The van der Waals surface area contributed by atoms with Crippen molar-refractivity contribution in [2.24, 2.45) is 0 Å². The lowest BCUT2D eigenvalue weighted by Gasteiger charge is -2.15. The van der Waals surface area contributed by atoms with Crippen LogP contribution < -0.4 is 0 Å². The summed E-state index contributed by atoms with van der Waals surface area (Å²) in [6.07, 6.45) is 1.62. The summed E-state index contributed by atoms with van der Waals surface area (Å²) in [7, 11) is 0. The van der Waals surface area contributed by atoms with Gasteiger partial charge in [-0.2, -0.15) is 0 Å². The molecule has 0 unspecified atom stereocenters. The number of amides is 1. The molecule has 3 rings (SSSR count). The van der Waals surface area contributed by atoms with E-state index in [-0.39, 0.29) is 11.7 Å². The average molecular weight is 293 g/mol. The Hall–Kier alpha value is -2.55. The summed E-state index contributed by atoms with van der Waals surface area (Å²) in [4.78, 5) is 14.6. The normalized spacial score (nSPS) is 13.4. The first kappa shape index (κ1) is 14.4. The first-order valence-electron chi connectivity index (χ1n) is 7.35. The van der Waals surface area contributed by atoms with E-state index in [2.05, 4.69) is 6.58 Å². The smallest absolute Gasteiger partial charge is 0.255 e. The summed E-state index contributed by atoms with van der Waals surface area (Å²) in [6, 6.07) is 9.94. The molecule has 112 valence electrons. The fourth-order valence-corrected chi connectivity index (χ4v) is 3.16. The van der Waals surface area contributed by atoms with Gasteiger partial charge in [0, 0.05) is 24.2 Å². The van der Waals surface area contributed by atoms with Gasteiger partial charge in [0.05, 0.1) is 0 Å². The molecular formula is C19H19NO2. The summed E-state index contributed by atoms with van der Waals surface area (Å²) < 4.78 is 0. The van der Waals surface area contributed by atoms with E-state index in [0.29, 0.717) is 18.7 Å². The molecule has 0 radical (unpaired) electrons. The highest BCUT2D eigenvalue weighted by Gasteiger charge is 2.32. The number of nitrogens with zero attached hydrogens (tertiary/aromatic N) is 1. The zero-order valence-corrected chi connectivity index (χ0v) is 12.9. The minimum Gasteiger partial charge on any atom is -0.507 e. The second kappa shape index (κ2) is 5.34. The maximum Gasteiger partial charge on any atom is 0.255 e. The maximum atomic E-state index is 12.8. The molecule has 2 aromatic rings. The van der Waals surface area contributed by atoms with Crippen molar-refractivity contribution in [3.63, 3.8) is 0 Å². The fourth-order valence-electron chi connectivity index (χ4n) is 3.16. The summed E-state index contributed by atoms with van der Waals surface area (Å²) >= 11 is 0. The van der Waals surface area contributed by atoms with Crippen molar-refractivity contribution >= 4 is 12.0 Å². The van der Waals surface area contributed by atoms with Gasteiger partial charge in [-0.1, -0.05) is 43.0 Å². The van der Waals surface area contributed by atoms with Crippen LogP contribution in [0.5, 0.6) is 5.75 Å². The highest BCUT2D eigenvalue weighted by atomic mass is 16.3. The molecule has 22 heavy (non-hydrogen) atoms. The molecule has 1 aliphatic rings. The van der Waals surface area contributed by atoms with Gasteiger partial charge in [0.15, 0.2) is 0 Å². The molecule has 0 saturated carbocycles. The van der Waals surface area contributed by atoms with Gasteiger partial charge in [-0.3, -0.25) is 4.79 Å². The molecule has 3 heteroatoms. The maximum absolute atomic E-state index is 12.8. The molecule has 0 atom stereocenters. The lowest BCUT2D eigenvalue weighted by atomic mass is 9.93. The monoisotopic (exact) mass is 293 g/mol. The first-order valence-corrected chi connectivity index (χ1v) is 7.35. The van der Waals surface area contributed by atoms with E-state index >= 15 is 0 Å². The molecule has 0 aliphatic carbocycles. The Morgan fingerprint density at radius 1 is 1.23 bits per heavy atom. The summed E-state index contributed by atoms with van der Waals surface area (Å²) in [5.41, 5.74) is 5.01. The zero-order valence-electron chi connectivity index (χ0n) is 12.9. The molecule has 1 heterocycles. The molecule has 0 aromatic heterocycles. The number of aromatic hydroxyl groups is 1. The summed E-state index contributed by atoms with van der Waals surface area (Å²) in [5.74, 6) is 0.267. The number of carbonyl (C=O) groups is 1. The standard InChI is InChI=1S/C19H19NO2/c1-4-15-12(2)17-16(13(3)18(15)21)11-20(19(17)22)10-14-8-6-5-7-9-14/h4-9,21H,1,10-11H2,2-3H3. The number of hydrogen-bond donors (Lipinski definition) is 1. The number of hydrogen-bond acceptors (Lipinski definition) is 2. The van der Waals surface area contributed by atoms with Crippen molar-refractivity contribution in [1.82, 2.24) is 4.90 Å². The molecule has 1 aliphatic heterocycles. The quantitative estimate of drug-likeness (QED) is 0.935. The Balaban J connectivity index is 2.02. The van der Waals surface area contributed by atoms with E-state index < -0.39 is 0 Å². The molecule has 1 N–H and O–H groups in total. The molecule has 0 saturated heterocycles. The Morgan fingerprint density at radius 2 is 1.91 bits per heavy atom. The van der Waals surface area contributed by atoms with Gasteiger partial charge < -0.3 is 10.0 Å². The predicted octanol–water partition coefficient (Wildman–Crippen LogP) is 3.81. The van der Waals surface area contributed by atoms with E-state index in [1.807, 2.05) is 49.1 Å². The second-order valence-electron chi connectivity index (χ2n) is 5.72. The van der Waals surface area contributed by atoms with E-state index in [4.69, 9.17) is 0 Å². The van der Waals surface area contributed by atoms with Crippen LogP contribution >= 0.6 is 0 Å². The van der Waals surface area contributed by atoms with Gasteiger partial charge in [-0.05, 0) is 36.1 Å². The lowest BCUT2D eigenvalue weighted by Crippen LogP contribution is -2.23. The number of carbonyl (C=O) groups excluding carboxylic acids is 1. The molecule has 3 nitrogen and oxygen atoms in total. The summed E-state index contributed by atoms with van der Waals surface area (Å²) in [6.45, 7) is 8.60. The van der Waals surface area contributed by atoms with E-state index in [9.17, 15) is 9.90 Å². The number of phenolic OH excluding ortho intramolecular Hbond substituents is 1. The Bertz CT molecular complexity index is 763. The van der Waals surface area contributed by atoms with E-state index in [1.165, 1.54) is 0 Å². The zero-order chi connectivity index (χ0) is 15.9.